The van der Waals surface area contributed by atoms with Crippen molar-refractivity contribution in [2.24, 2.45) is 4.99 Å². The van der Waals surface area contributed by atoms with Gasteiger partial charge in [0.1, 0.15) is 17.8 Å². The fourth-order valence-electron chi connectivity index (χ4n) is 2.56. The van der Waals surface area contributed by atoms with E-state index in [-0.39, 0.29) is 24.0 Å². The largest absolute Gasteiger partial charge is 0.356 e. The first kappa shape index (κ1) is 20.9. The number of hydrogen-bond donors (Lipinski definition) is 2. The first-order valence-electron chi connectivity index (χ1n) is 8.62. The van der Waals surface area contributed by atoms with E-state index < -0.39 is 0 Å². The zero-order valence-electron chi connectivity index (χ0n) is 15.4. The summed E-state index contributed by atoms with van der Waals surface area (Å²) in [5, 5.41) is 18.6. The summed E-state index contributed by atoms with van der Waals surface area (Å²) < 4.78 is 7.44. The van der Waals surface area contributed by atoms with Crippen molar-refractivity contribution in [2.45, 2.75) is 26.4 Å². The molecule has 2 N–H and O–H groups in total. The van der Waals surface area contributed by atoms with Crippen molar-refractivity contribution in [1.29, 1.82) is 0 Å². The summed E-state index contributed by atoms with van der Waals surface area (Å²) in [5.41, 5.74) is 1.83. The van der Waals surface area contributed by atoms with E-state index in [0.717, 1.165) is 42.4 Å². The highest BCUT2D eigenvalue weighted by Crippen LogP contribution is 2.19. The third-order valence-electron chi connectivity index (χ3n) is 3.93. The maximum atomic E-state index is 5.40. The molecule has 0 radical (unpaired) electrons. The van der Waals surface area contributed by atoms with Gasteiger partial charge >= 0.3 is 0 Å². The minimum atomic E-state index is 0. The monoisotopic (exact) mass is 481 g/mol. The molecule has 27 heavy (non-hydrogen) atoms. The Labute approximate surface area is 175 Å². The van der Waals surface area contributed by atoms with Crippen LogP contribution in [-0.2, 0) is 19.5 Å². The fraction of sp³-hybridized carbons (Fsp3) is 0.333. The number of nitrogens with one attached hydrogen (secondary N) is 2. The second-order valence-electron chi connectivity index (χ2n) is 5.70. The molecule has 0 fully saturated rings. The van der Waals surface area contributed by atoms with E-state index in [0.29, 0.717) is 12.5 Å². The number of rotatable bonds is 7. The molecule has 3 rings (SSSR count). The van der Waals surface area contributed by atoms with E-state index >= 15 is 0 Å². The maximum Gasteiger partial charge on any atom is 0.191 e. The summed E-state index contributed by atoms with van der Waals surface area (Å²) >= 11 is 0. The van der Waals surface area contributed by atoms with E-state index in [4.69, 9.17) is 4.52 Å². The van der Waals surface area contributed by atoms with Crippen LogP contribution in [-0.4, -0.2) is 39.5 Å². The molecule has 0 spiro atoms. The van der Waals surface area contributed by atoms with Crippen LogP contribution in [0.15, 0.2) is 52.2 Å². The van der Waals surface area contributed by atoms with E-state index in [1.54, 1.807) is 13.4 Å². The molecule has 0 amide bonds. The average molecular weight is 481 g/mol. The summed E-state index contributed by atoms with van der Waals surface area (Å²) in [7, 11) is 1.74. The third kappa shape index (κ3) is 5.78. The predicted molar refractivity (Wildman–Crippen MR) is 115 cm³/mol. The highest BCUT2D eigenvalue weighted by atomic mass is 127. The maximum absolute atomic E-state index is 5.40. The van der Waals surface area contributed by atoms with Gasteiger partial charge in [-0.25, -0.2) is 0 Å². The van der Waals surface area contributed by atoms with E-state index in [1.807, 2.05) is 41.0 Å². The fourth-order valence-corrected chi connectivity index (χ4v) is 2.56. The summed E-state index contributed by atoms with van der Waals surface area (Å²) in [6.45, 7) is 4.09. The molecule has 144 valence electrons. The van der Waals surface area contributed by atoms with Crippen LogP contribution in [0.3, 0.4) is 0 Å². The Kier molecular flexibility index (Phi) is 8.24. The highest BCUT2D eigenvalue weighted by Gasteiger charge is 2.07. The molecule has 2 aromatic heterocycles. The van der Waals surface area contributed by atoms with Crippen molar-refractivity contribution in [1.82, 2.24) is 30.6 Å². The van der Waals surface area contributed by atoms with Gasteiger partial charge in [-0.1, -0.05) is 42.4 Å². The Hall–Kier alpha value is -2.43. The zero-order chi connectivity index (χ0) is 18.2. The van der Waals surface area contributed by atoms with Crippen molar-refractivity contribution in [2.75, 3.05) is 13.6 Å². The molecule has 3 aromatic rings. The predicted octanol–water partition coefficient (Wildman–Crippen LogP) is 2.48. The van der Waals surface area contributed by atoms with Crippen molar-refractivity contribution in [3.8, 4) is 11.3 Å². The van der Waals surface area contributed by atoms with Gasteiger partial charge < -0.3 is 19.7 Å². The second kappa shape index (κ2) is 10.7. The first-order valence-corrected chi connectivity index (χ1v) is 8.62. The van der Waals surface area contributed by atoms with Gasteiger partial charge in [-0.3, -0.25) is 4.99 Å². The number of benzene rings is 1. The standard InChI is InChI=1S/C18H23N7O.HI/c1-3-17-23-22-13-25(17)10-9-20-18(19-2)21-12-15-11-16(26-24-15)14-7-5-4-6-8-14;/h4-8,11,13H,3,9-10,12H2,1-2H3,(H2,19,20,21);1H. The minimum absolute atomic E-state index is 0. The van der Waals surface area contributed by atoms with Gasteiger partial charge in [0.25, 0.3) is 0 Å². The number of nitrogens with zero attached hydrogens (tertiary/aromatic N) is 5. The molecule has 0 aliphatic rings. The van der Waals surface area contributed by atoms with Crippen molar-refractivity contribution in [3.05, 3.63) is 54.2 Å². The van der Waals surface area contributed by atoms with Crippen LogP contribution in [0.4, 0.5) is 0 Å². The number of halogens is 1. The highest BCUT2D eigenvalue weighted by molar-refractivity contribution is 14.0. The van der Waals surface area contributed by atoms with Gasteiger partial charge in [0.15, 0.2) is 11.7 Å². The zero-order valence-corrected chi connectivity index (χ0v) is 17.8. The second-order valence-corrected chi connectivity index (χ2v) is 5.70. The Balaban J connectivity index is 0.00000261. The lowest BCUT2D eigenvalue weighted by atomic mass is 10.2. The van der Waals surface area contributed by atoms with Crippen LogP contribution in [0, 0.1) is 0 Å². The topological polar surface area (TPSA) is 93.2 Å². The Morgan fingerprint density at radius 3 is 2.78 bits per heavy atom. The molecule has 0 atom stereocenters. The molecule has 1 aromatic carbocycles. The lowest BCUT2D eigenvalue weighted by molar-refractivity contribution is 0.422. The van der Waals surface area contributed by atoms with Gasteiger partial charge in [-0.05, 0) is 0 Å². The molecular weight excluding hydrogens is 457 g/mol. The first-order chi connectivity index (χ1) is 12.8. The average Bonchev–Trinajstić information content (AvgIpc) is 3.34. The lowest BCUT2D eigenvalue weighted by Crippen LogP contribution is -2.38. The van der Waals surface area contributed by atoms with Crippen molar-refractivity contribution >= 4 is 29.9 Å². The molecule has 0 aliphatic heterocycles. The van der Waals surface area contributed by atoms with Crippen molar-refractivity contribution in [3.63, 3.8) is 0 Å². The number of aliphatic imine (C=N–C) groups is 1. The normalized spacial score (nSPS) is 11.1. The summed E-state index contributed by atoms with van der Waals surface area (Å²) in [4.78, 5) is 4.23. The lowest BCUT2D eigenvalue weighted by Gasteiger charge is -2.11. The van der Waals surface area contributed by atoms with Crippen LogP contribution < -0.4 is 10.6 Å². The van der Waals surface area contributed by atoms with E-state index in [2.05, 4.69) is 37.9 Å². The molecule has 2 heterocycles. The number of hydrogen-bond acceptors (Lipinski definition) is 5. The molecule has 0 saturated carbocycles. The van der Waals surface area contributed by atoms with Gasteiger partial charge in [-0.2, -0.15) is 0 Å². The van der Waals surface area contributed by atoms with Crippen LogP contribution in [0.1, 0.15) is 18.4 Å². The Bertz CT molecular complexity index is 844. The third-order valence-corrected chi connectivity index (χ3v) is 3.93. The molecular formula is C18H24IN7O. The quantitative estimate of drug-likeness (QED) is 0.306. The summed E-state index contributed by atoms with van der Waals surface area (Å²) in [6, 6.07) is 11.8. The van der Waals surface area contributed by atoms with Gasteiger partial charge in [0.05, 0.1) is 6.54 Å². The molecule has 0 unspecified atom stereocenters. The van der Waals surface area contributed by atoms with Crippen LogP contribution in [0.2, 0.25) is 0 Å². The molecule has 8 nitrogen and oxygen atoms in total. The van der Waals surface area contributed by atoms with Gasteiger partial charge in [0.2, 0.25) is 0 Å². The Morgan fingerprint density at radius 2 is 2.04 bits per heavy atom. The van der Waals surface area contributed by atoms with E-state index in [9.17, 15) is 0 Å². The molecule has 0 saturated heterocycles. The number of aromatic nitrogens is 4. The molecule has 9 heteroatoms. The number of guanidine groups is 1. The van der Waals surface area contributed by atoms with Gasteiger partial charge in [-0.15, -0.1) is 34.2 Å². The summed E-state index contributed by atoms with van der Waals surface area (Å²) in [5.74, 6) is 2.44. The molecule has 0 aliphatic carbocycles. The van der Waals surface area contributed by atoms with Crippen LogP contribution >= 0.6 is 24.0 Å². The van der Waals surface area contributed by atoms with Gasteiger partial charge in [0, 0.05) is 38.2 Å². The minimum Gasteiger partial charge on any atom is -0.356 e. The van der Waals surface area contributed by atoms with Crippen molar-refractivity contribution < 1.29 is 4.52 Å². The van der Waals surface area contributed by atoms with Crippen LogP contribution in [0.5, 0.6) is 0 Å². The SMILES string of the molecule is CCc1nncn1CCNC(=NC)NCc1cc(-c2ccccc2)on1.I. The van der Waals surface area contributed by atoms with E-state index in [1.165, 1.54) is 0 Å². The molecule has 0 bridgehead atoms. The summed E-state index contributed by atoms with van der Waals surface area (Å²) in [6.07, 6.45) is 2.61. The van der Waals surface area contributed by atoms with Crippen LogP contribution in [0.25, 0.3) is 11.3 Å². The number of aryl methyl sites for hydroxylation is 1. The Morgan fingerprint density at radius 1 is 1.22 bits per heavy atom. The smallest absolute Gasteiger partial charge is 0.191 e.